The first-order chi connectivity index (χ1) is 15.1. The molecule has 0 saturated carbocycles. The molecule has 0 unspecified atom stereocenters. The SMILES string of the molecule is Oc1cccc2cccnc12.Oc1cccc2cccnc12.Oc1ccccc1.[O]=[V]. The Balaban J connectivity index is 0.000000163. The van der Waals surface area contributed by atoms with Crippen molar-refractivity contribution in [3.8, 4) is 17.2 Å². The first-order valence-corrected chi connectivity index (χ1v) is 9.70. The van der Waals surface area contributed by atoms with E-state index in [0.717, 1.165) is 28.1 Å². The molecule has 0 amide bonds. The molecule has 155 valence electrons. The van der Waals surface area contributed by atoms with E-state index in [9.17, 15) is 10.2 Å². The molecule has 3 N–H and O–H groups in total. The molecule has 2 heterocycles. The molecule has 5 aromatic rings. The second kappa shape index (κ2) is 12.7. The molecule has 0 aliphatic heterocycles. The molecule has 0 bridgehead atoms. The Labute approximate surface area is 188 Å². The number of nitrogens with zero attached hydrogens (tertiary/aromatic N) is 2. The summed E-state index contributed by atoms with van der Waals surface area (Å²) in [6.45, 7) is 0. The van der Waals surface area contributed by atoms with Crippen molar-refractivity contribution >= 4 is 21.8 Å². The number of aromatic nitrogens is 2. The van der Waals surface area contributed by atoms with Crippen LogP contribution < -0.4 is 0 Å². The molecule has 0 fully saturated rings. The molecule has 0 radical (unpaired) electrons. The quantitative estimate of drug-likeness (QED) is 0.301. The molecular formula is C24H20N2O4V. The number of fused-ring (bicyclic) bond motifs is 2. The van der Waals surface area contributed by atoms with E-state index in [0.29, 0.717) is 16.8 Å². The normalized spacial score (nSPS) is 9.26. The monoisotopic (exact) mass is 451 g/mol. The minimum atomic E-state index is 0.239. The molecule has 3 aromatic carbocycles. The maximum atomic E-state index is 9.31. The van der Waals surface area contributed by atoms with Crippen molar-refractivity contribution in [2.24, 2.45) is 0 Å². The van der Waals surface area contributed by atoms with E-state index in [1.54, 1.807) is 60.9 Å². The van der Waals surface area contributed by atoms with Crippen LogP contribution in [0.25, 0.3) is 21.8 Å². The third-order valence-corrected chi connectivity index (χ3v) is 3.98. The van der Waals surface area contributed by atoms with Gasteiger partial charge in [-0.1, -0.05) is 54.6 Å². The molecule has 0 atom stereocenters. The van der Waals surface area contributed by atoms with Gasteiger partial charge in [0.15, 0.2) is 0 Å². The second-order valence-electron chi connectivity index (χ2n) is 6.04. The van der Waals surface area contributed by atoms with Crippen LogP contribution in [0.5, 0.6) is 17.2 Å². The van der Waals surface area contributed by atoms with Gasteiger partial charge in [-0.3, -0.25) is 9.97 Å². The van der Waals surface area contributed by atoms with Crippen LogP contribution in [0.15, 0.2) is 103 Å². The van der Waals surface area contributed by atoms with E-state index in [1.165, 1.54) is 0 Å². The predicted molar refractivity (Wildman–Crippen MR) is 116 cm³/mol. The average Bonchev–Trinajstić information content (AvgIpc) is 2.83. The van der Waals surface area contributed by atoms with E-state index in [2.05, 4.69) is 9.97 Å². The summed E-state index contributed by atoms with van der Waals surface area (Å²) in [6.07, 6.45) is 3.34. The van der Waals surface area contributed by atoms with Gasteiger partial charge >= 0.3 is 21.0 Å². The van der Waals surface area contributed by atoms with Crippen molar-refractivity contribution in [2.75, 3.05) is 0 Å². The Kier molecular flexibility index (Phi) is 9.68. The van der Waals surface area contributed by atoms with Crippen molar-refractivity contribution in [1.82, 2.24) is 9.97 Å². The topological polar surface area (TPSA) is 104 Å². The number of aromatic hydroxyl groups is 3. The van der Waals surface area contributed by atoms with Crippen LogP contribution in [-0.4, -0.2) is 25.3 Å². The van der Waals surface area contributed by atoms with E-state index < -0.39 is 0 Å². The van der Waals surface area contributed by atoms with Gasteiger partial charge in [-0.2, -0.15) is 0 Å². The minimum absolute atomic E-state index is 0.239. The third kappa shape index (κ3) is 7.22. The van der Waals surface area contributed by atoms with E-state index in [4.69, 9.17) is 8.78 Å². The van der Waals surface area contributed by atoms with Crippen LogP contribution in [0.2, 0.25) is 0 Å². The van der Waals surface area contributed by atoms with Crippen molar-refractivity contribution in [3.63, 3.8) is 0 Å². The molecule has 2 aromatic heterocycles. The summed E-state index contributed by atoms with van der Waals surface area (Å²) in [6, 6.07) is 27.0. The summed E-state index contributed by atoms with van der Waals surface area (Å²) in [5.41, 5.74) is 1.32. The zero-order valence-corrected chi connectivity index (χ0v) is 17.8. The van der Waals surface area contributed by atoms with Gasteiger partial charge in [0, 0.05) is 23.2 Å². The van der Waals surface area contributed by atoms with Crippen LogP contribution in [0, 0.1) is 0 Å². The zero-order chi connectivity index (χ0) is 22.5. The van der Waals surface area contributed by atoms with Gasteiger partial charge in [-0.15, -0.1) is 0 Å². The summed E-state index contributed by atoms with van der Waals surface area (Å²) in [5, 5.41) is 29.2. The summed E-state index contributed by atoms with van der Waals surface area (Å²) in [5.74, 6) is 0.800. The van der Waals surface area contributed by atoms with E-state index in [-0.39, 0.29) is 11.5 Å². The van der Waals surface area contributed by atoms with Gasteiger partial charge in [0.25, 0.3) is 0 Å². The molecule has 7 heteroatoms. The number of hydrogen-bond acceptors (Lipinski definition) is 6. The maximum absolute atomic E-state index is 9.31. The predicted octanol–water partition coefficient (Wildman–Crippen LogP) is 5.15. The van der Waals surface area contributed by atoms with Gasteiger partial charge < -0.3 is 15.3 Å². The number of pyridine rings is 2. The number of hydrogen-bond donors (Lipinski definition) is 3. The molecule has 0 spiro atoms. The third-order valence-electron chi connectivity index (χ3n) is 3.98. The summed E-state index contributed by atoms with van der Waals surface area (Å²) in [4.78, 5) is 8.06. The van der Waals surface area contributed by atoms with Gasteiger partial charge in [0.1, 0.15) is 28.3 Å². The second-order valence-corrected chi connectivity index (χ2v) is 6.04. The molecule has 0 saturated heterocycles. The van der Waals surface area contributed by atoms with Crippen molar-refractivity contribution < 1.29 is 36.4 Å². The standard InChI is InChI=1S/2C9H7NO.C6H6O.O.V/c2*11-8-5-1-3-7-4-2-6-10-9(7)8;7-6-4-2-1-3-5-6;;/h2*1-6,11H;1-5,7H;;. The molecular weight excluding hydrogens is 431 g/mol. The Hall–Kier alpha value is -3.74. The molecule has 5 rings (SSSR count). The first-order valence-electron chi connectivity index (χ1n) is 9.13. The number of rotatable bonds is 0. The fourth-order valence-electron chi connectivity index (χ4n) is 2.60. The van der Waals surface area contributed by atoms with Crippen LogP contribution in [-0.2, 0) is 21.0 Å². The van der Waals surface area contributed by atoms with Crippen molar-refractivity contribution in [1.29, 1.82) is 0 Å². The first kappa shape index (κ1) is 23.5. The summed E-state index contributed by atoms with van der Waals surface area (Å²) in [7, 11) is 0. The van der Waals surface area contributed by atoms with Gasteiger partial charge in [0.05, 0.1) is 0 Å². The Morgan fingerprint density at radius 2 is 0.935 bits per heavy atom. The number of phenols is 3. The summed E-state index contributed by atoms with van der Waals surface area (Å²) < 4.78 is 8.19. The fraction of sp³-hybridized carbons (Fsp3) is 0. The van der Waals surface area contributed by atoms with Gasteiger partial charge in [-0.25, -0.2) is 0 Å². The Morgan fingerprint density at radius 1 is 0.516 bits per heavy atom. The Morgan fingerprint density at radius 3 is 1.29 bits per heavy atom. The molecule has 6 nitrogen and oxygen atoms in total. The van der Waals surface area contributed by atoms with Crippen molar-refractivity contribution in [2.45, 2.75) is 0 Å². The average molecular weight is 451 g/mol. The fourth-order valence-corrected chi connectivity index (χ4v) is 2.60. The molecule has 0 aliphatic carbocycles. The van der Waals surface area contributed by atoms with Crippen molar-refractivity contribution in [3.05, 3.63) is 103 Å². The van der Waals surface area contributed by atoms with Gasteiger partial charge in [-0.05, 0) is 36.4 Å². The van der Waals surface area contributed by atoms with Crippen LogP contribution in [0.1, 0.15) is 0 Å². The van der Waals surface area contributed by atoms with Crippen LogP contribution >= 0.6 is 0 Å². The Bertz CT molecular complexity index is 1130. The number of para-hydroxylation sites is 3. The van der Waals surface area contributed by atoms with Gasteiger partial charge in [0.2, 0.25) is 0 Å². The van der Waals surface area contributed by atoms with E-state index >= 15 is 0 Å². The summed E-state index contributed by atoms with van der Waals surface area (Å²) >= 11 is 1.06. The zero-order valence-electron chi connectivity index (χ0n) is 16.4. The molecule has 0 aliphatic rings. The van der Waals surface area contributed by atoms with Crippen LogP contribution in [0.4, 0.5) is 0 Å². The van der Waals surface area contributed by atoms with Crippen LogP contribution in [0.3, 0.4) is 0 Å². The molecule has 31 heavy (non-hydrogen) atoms. The number of phenolic OH excluding ortho intramolecular Hbond substituents is 3. The van der Waals surface area contributed by atoms with E-state index in [1.807, 2.05) is 42.5 Å². The number of benzene rings is 3.